The number of thioether (sulfide) groups is 1. The second-order valence-corrected chi connectivity index (χ2v) is 8.45. The Balaban J connectivity index is 1.60. The zero-order valence-corrected chi connectivity index (χ0v) is 17.7. The molecule has 12 heteroatoms. The van der Waals surface area contributed by atoms with Crippen LogP contribution < -0.4 is 16.4 Å². The standard InChI is InChI=1S/C20H19F3N6O2S/c1-29-8-2-3-12(29)18(31)26-10-4-5-11-13(9-10)32-19(27-11)15(16(24)30)17-25-7-6-14(28-17)20(21,22)23/h4-7,9,12,27H,2-3,8H2,1H3,(H2,24,30)(H,26,31)/b19-15-/t12-/m1/s1. The topological polar surface area (TPSA) is 113 Å². The van der Waals surface area contributed by atoms with E-state index in [0.717, 1.165) is 37.3 Å². The van der Waals surface area contributed by atoms with Gasteiger partial charge in [0, 0.05) is 16.8 Å². The summed E-state index contributed by atoms with van der Waals surface area (Å²) in [5.41, 5.74) is 5.20. The fraction of sp³-hybridized carbons (Fsp3) is 0.300. The number of anilines is 2. The average Bonchev–Trinajstić information content (AvgIpc) is 3.33. The van der Waals surface area contributed by atoms with Crippen LogP contribution >= 0.6 is 11.8 Å². The zero-order chi connectivity index (χ0) is 23.0. The predicted molar refractivity (Wildman–Crippen MR) is 113 cm³/mol. The van der Waals surface area contributed by atoms with Gasteiger partial charge in [-0.3, -0.25) is 14.5 Å². The van der Waals surface area contributed by atoms with Crippen LogP contribution in [0, 0.1) is 0 Å². The van der Waals surface area contributed by atoms with Crippen molar-refractivity contribution in [1.29, 1.82) is 0 Å². The van der Waals surface area contributed by atoms with Gasteiger partial charge in [0.15, 0.2) is 5.82 Å². The largest absolute Gasteiger partial charge is 0.433 e. The van der Waals surface area contributed by atoms with Crippen molar-refractivity contribution in [2.24, 2.45) is 5.73 Å². The maximum atomic E-state index is 13.0. The predicted octanol–water partition coefficient (Wildman–Crippen LogP) is 2.90. The monoisotopic (exact) mass is 464 g/mol. The molecule has 168 valence electrons. The minimum Gasteiger partial charge on any atom is -0.365 e. The number of nitrogens with two attached hydrogens (primary N) is 1. The summed E-state index contributed by atoms with van der Waals surface area (Å²) < 4.78 is 39.1. The van der Waals surface area contributed by atoms with E-state index in [0.29, 0.717) is 22.3 Å². The fourth-order valence-corrected chi connectivity index (χ4v) is 4.68. The maximum Gasteiger partial charge on any atom is 0.433 e. The summed E-state index contributed by atoms with van der Waals surface area (Å²) in [6.07, 6.45) is -2.02. The first-order valence-electron chi connectivity index (χ1n) is 9.68. The summed E-state index contributed by atoms with van der Waals surface area (Å²) in [6.45, 7) is 0.865. The lowest BCUT2D eigenvalue weighted by molar-refractivity contribution is -0.141. The number of hydrogen-bond acceptors (Lipinski definition) is 7. The SMILES string of the molecule is CN1CCC[C@@H]1C(=O)Nc1ccc2c(c1)S/C(=C(/C(N)=O)c1nccc(C(F)(F)F)n1)N2. The summed E-state index contributed by atoms with van der Waals surface area (Å²) in [5, 5.41) is 6.08. The van der Waals surface area contributed by atoms with Crippen LogP contribution in [0.5, 0.6) is 0 Å². The molecule has 0 saturated carbocycles. The second kappa shape index (κ2) is 8.43. The van der Waals surface area contributed by atoms with Gasteiger partial charge in [-0.15, -0.1) is 0 Å². The minimum absolute atomic E-state index is 0.105. The summed E-state index contributed by atoms with van der Waals surface area (Å²) in [4.78, 5) is 34.5. The van der Waals surface area contributed by atoms with Crippen molar-refractivity contribution in [1.82, 2.24) is 14.9 Å². The number of amides is 2. The number of primary amides is 1. The second-order valence-electron chi connectivity index (χ2n) is 7.40. The molecule has 2 aromatic rings. The van der Waals surface area contributed by atoms with E-state index >= 15 is 0 Å². The number of benzene rings is 1. The number of halogens is 3. The molecular formula is C20H19F3N6O2S. The Morgan fingerprint density at radius 1 is 1.31 bits per heavy atom. The van der Waals surface area contributed by atoms with E-state index in [1.807, 2.05) is 11.9 Å². The van der Waals surface area contributed by atoms with Gasteiger partial charge in [0.1, 0.15) is 11.3 Å². The highest BCUT2D eigenvalue weighted by Gasteiger charge is 2.34. The number of likely N-dealkylation sites (tertiary alicyclic amines) is 1. The first-order valence-corrected chi connectivity index (χ1v) is 10.5. The molecule has 2 aliphatic heterocycles. The van der Waals surface area contributed by atoms with Crippen LogP contribution in [0.4, 0.5) is 24.5 Å². The Morgan fingerprint density at radius 3 is 2.75 bits per heavy atom. The Morgan fingerprint density at radius 2 is 2.09 bits per heavy atom. The Labute approximate surface area is 185 Å². The van der Waals surface area contributed by atoms with Crippen molar-refractivity contribution in [2.45, 2.75) is 30.0 Å². The van der Waals surface area contributed by atoms with E-state index < -0.39 is 23.6 Å². The molecule has 0 unspecified atom stereocenters. The van der Waals surface area contributed by atoms with Crippen molar-refractivity contribution in [3.05, 3.63) is 47.0 Å². The highest BCUT2D eigenvalue weighted by atomic mass is 32.2. The Kier molecular flexibility index (Phi) is 5.82. The fourth-order valence-electron chi connectivity index (χ4n) is 3.59. The molecule has 1 fully saturated rings. The molecule has 3 heterocycles. The summed E-state index contributed by atoms with van der Waals surface area (Å²) in [7, 11) is 1.90. The molecule has 1 saturated heterocycles. The van der Waals surface area contributed by atoms with E-state index in [2.05, 4.69) is 20.6 Å². The van der Waals surface area contributed by atoms with Crippen LogP contribution in [0.15, 0.2) is 40.4 Å². The van der Waals surface area contributed by atoms with Gasteiger partial charge >= 0.3 is 6.18 Å². The van der Waals surface area contributed by atoms with Crippen molar-refractivity contribution in [2.75, 3.05) is 24.2 Å². The lowest BCUT2D eigenvalue weighted by Crippen LogP contribution is -2.37. The number of aromatic nitrogens is 2. The van der Waals surface area contributed by atoms with Gasteiger partial charge in [0.05, 0.1) is 16.8 Å². The molecule has 8 nitrogen and oxygen atoms in total. The van der Waals surface area contributed by atoms with Gasteiger partial charge in [0.2, 0.25) is 5.91 Å². The number of hydrogen-bond donors (Lipinski definition) is 3. The van der Waals surface area contributed by atoms with Crippen LogP contribution in [0.2, 0.25) is 0 Å². The smallest absolute Gasteiger partial charge is 0.365 e. The average molecular weight is 464 g/mol. The molecule has 0 radical (unpaired) electrons. The number of carbonyl (C=O) groups is 2. The molecule has 4 rings (SSSR count). The van der Waals surface area contributed by atoms with E-state index in [1.165, 1.54) is 0 Å². The molecule has 1 aromatic heterocycles. The normalized spacial score (nSPS) is 19.9. The number of nitrogens with zero attached hydrogens (tertiary/aromatic N) is 3. The third kappa shape index (κ3) is 4.41. The lowest BCUT2D eigenvalue weighted by Gasteiger charge is -2.18. The third-order valence-corrected chi connectivity index (χ3v) is 6.24. The van der Waals surface area contributed by atoms with Crippen LogP contribution in [-0.2, 0) is 15.8 Å². The van der Waals surface area contributed by atoms with E-state index in [4.69, 9.17) is 5.73 Å². The number of nitrogens with one attached hydrogen (secondary N) is 2. The van der Waals surface area contributed by atoms with E-state index in [1.54, 1.807) is 18.2 Å². The van der Waals surface area contributed by atoms with Crippen molar-refractivity contribution >= 4 is 40.5 Å². The van der Waals surface area contributed by atoms with Crippen LogP contribution in [-0.4, -0.2) is 46.3 Å². The summed E-state index contributed by atoms with van der Waals surface area (Å²) in [5.74, 6) is -1.50. The van der Waals surface area contributed by atoms with Gasteiger partial charge in [-0.1, -0.05) is 11.8 Å². The summed E-state index contributed by atoms with van der Waals surface area (Å²) >= 11 is 1.10. The maximum absolute atomic E-state index is 13.0. The number of alkyl halides is 3. The molecule has 32 heavy (non-hydrogen) atoms. The molecular weight excluding hydrogens is 445 g/mol. The molecule has 0 aliphatic carbocycles. The van der Waals surface area contributed by atoms with Crippen LogP contribution in [0.25, 0.3) is 5.57 Å². The Hall–Kier alpha value is -3.12. The van der Waals surface area contributed by atoms with Crippen LogP contribution in [0.1, 0.15) is 24.4 Å². The number of likely N-dealkylation sites (N-methyl/N-ethyl adjacent to an activating group) is 1. The van der Waals surface area contributed by atoms with Crippen molar-refractivity contribution in [3.63, 3.8) is 0 Å². The number of fused-ring (bicyclic) bond motifs is 1. The first-order chi connectivity index (χ1) is 15.1. The van der Waals surface area contributed by atoms with Gasteiger partial charge in [-0.2, -0.15) is 13.2 Å². The van der Waals surface area contributed by atoms with Crippen LogP contribution in [0.3, 0.4) is 0 Å². The molecule has 0 spiro atoms. The highest BCUT2D eigenvalue weighted by molar-refractivity contribution is 8.04. The molecule has 1 aromatic carbocycles. The van der Waals surface area contributed by atoms with Gasteiger partial charge in [-0.05, 0) is 50.7 Å². The van der Waals surface area contributed by atoms with Crippen molar-refractivity contribution in [3.8, 4) is 0 Å². The first kappa shape index (κ1) is 22.1. The molecule has 2 aliphatic rings. The summed E-state index contributed by atoms with van der Waals surface area (Å²) in [6, 6.07) is 5.65. The van der Waals surface area contributed by atoms with Gasteiger partial charge in [0.25, 0.3) is 5.91 Å². The lowest BCUT2D eigenvalue weighted by atomic mass is 10.2. The highest BCUT2D eigenvalue weighted by Crippen LogP contribution is 2.45. The number of carbonyl (C=O) groups excluding carboxylic acids is 2. The molecule has 4 N–H and O–H groups in total. The Bertz CT molecular complexity index is 1120. The molecule has 2 amide bonds. The quantitative estimate of drug-likeness (QED) is 0.597. The van der Waals surface area contributed by atoms with Crippen molar-refractivity contribution < 1.29 is 22.8 Å². The van der Waals surface area contributed by atoms with E-state index in [-0.39, 0.29) is 22.6 Å². The van der Waals surface area contributed by atoms with E-state index in [9.17, 15) is 22.8 Å². The minimum atomic E-state index is -4.69. The van der Waals surface area contributed by atoms with Gasteiger partial charge < -0.3 is 16.4 Å². The molecule has 0 bridgehead atoms. The zero-order valence-electron chi connectivity index (χ0n) is 16.9. The van der Waals surface area contributed by atoms with Gasteiger partial charge in [-0.25, -0.2) is 9.97 Å². The number of rotatable bonds is 4. The third-order valence-electron chi connectivity index (χ3n) is 5.18. The molecule has 1 atom stereocenters.